The third-order valence-corrected chi connectivity index (χ3v) is 3.15. The number of halogens is 4. The molecule has 0 amide bonds. The van der Waals surface area contributed by atoms with Crippen LogP contribution < -0.4 is 0 Å². The predicted molar refractivity (Wildman–Crippen MR) is 70.9 cm³/mol. The first kappa shape index (κ1) is 14.6. The summed E-state index contributed by atoms with van der Waals surface area (Å²) in [4.78, 5) is 0. The van der Waals surface area contributed by atoms with Crippen molar-refractivity contribution in [1.82, 2.24) is 0 Å². The van der Waals surface area contributed by atoms with Crippen LogP contribution in [0.5, 0.6) is 0 Å². The summed E-state index contributed by atoms with van der Waals surface area (Å²) in [6, 6.07) is 9.76. The Labute approximate surface area is 115 Å². The van der Waals surface area contributed by atoms with Crippen molar-refractivity contribution >= 4 is 0 Å². The van der Waals surface area contributed by atoms with Gasteiger partial charge in [0.1, 0.15) is 5.82 Å². The van der Waals surface area contributed by atoms with E-state index in [4.69, 9.17) is 0 Å². The molecule has 0 aliphatic rings. The van der Waals surface area contributed by atoms with Crippen molar-refractivity contribution in [2.75, 3.05) is 0 Å². The van der Waals surface area contributed by atoms with E-state index in [1.165, 1.54) is 30.3 Å². The molecule has 0 fully saturated rings. The first-order valence-corrected chi connectivity index (χ1v) is 6.27. The van der Waals surface area contributed by atoms with E-state index in [-0.39, 0.29) is 17.0 Å². The van der Waals surface area contributed by atoms with Crippen molar-refractivity contribution in [3.63, 3.8) is 0 Å². The number of hydrogen-bond acceptors (Lipinski definition) is 0. The third kappa shape index (κ3) is 2.69. The molecule has 0 unspecified atom stereocenters. The van der Waals surface area contributed by atoms with E-state index in [2.05, 4.69) is 0 Å². The van der Waals surface area contributed by atoms with E-state index in [0.29, 0.717) is 5.56 Å². The Kier molecular flexibility index (Phi) is 3.84. The van der Waals surface area contributed by atoms with Crippen molar-refractivity contribution < 1.29 is 17.6 Å². The van der Waals surface area contributed by atoms with Crippen LogP contribution in [0.15, 0.2) is 42.5 Å². The zero-order valence-corrected chi connectivity index (χ0v) is 11.1. The van der Waals surface area contributed by atoms with Gasteiger partial charge in [0.2, 0.25) is 0 Å². The molecule has 0 atom stereocenters. The standard InChI is InChI=1S/C16H14F4/c1-10(2)15-12(11-6-3-4-9-14(11)17)7-5-8-13(15)16(18,19)20/h3-10H,1-2H3. The number of rotatable bonds is 2. The monoisotopic (exact) mass is 282 g/mol. The van der Waals surface area contributed by atoms with Crippen molar-refractivity contribution in [2.24, 2.45) is 0 Å². The molecule has 0 saturated heterocycles. The van der Waals surface area contributed by atoms with Crippen LogP contribution in [0, 0.1) is 5.82 Å². The lowest BCUT2D eigenvalue weighted by Crippen LogP contribution is -2.11. The lowest BCUT2D eigenvalue weighted by atomic mass is 9.88. The van der Waals surface area contributed by atoms with Gasteiger partial charge >= 0.3 is 6.18 Å². The Morgan fingerprint density at radius 2 is 1.45 bits per heavy atom. The van der Waals surface area contributed by atoms with Gasteiger partial charge in [-0.25, -0.2) is 4.39 Å². The Hall–Kier alpha value is -1.84. The Balaban J connectivity index is 2.75. The zero-order valence-electron chi connectivity index (χ0n) is 11.1. The molecule has 0 aliphatic carbocycles. The second-order valence-corrected chi connectivity index (χ2v) is 4.90. The summed E-state index contributed by atoms with van der Waals surface area (Å²) in [6.45, 7) is 3.35. The van der Waals surface area contributed by atoms with Crippen LogP contribution >= 0.6 is 0 Å². The fourth-order valence-electron chi connectivity index (χ4n) is 2.35. The molecule has 0 heterocycles. The molecule has 0 nitrogen and oxygen atoms in total. The van der Waals surface area contributed by atoms with Crippen molar-refractivity contribution in [1.29, 1.82) is 0 Å². The first-order chi connectivity index (χ1) is 9.32. The van der Waals surface area contributed by atoms with Gasteiger partial charge in [0, 0.05) is 5.56 Å². The van der Waals surface area contributed by atoms with Crippen LogP contribution in [-0.4, -0.2) is 0 Å². The molecule has 0 N–H and O–H groups in total. The van der Waals surface area contributed by atoms with Crippen LogP contribution in [0.3, 0.4) is 0 Å². The summed E-state index contributed by atoms with van der Waals surface area (Å²) >= 11 is 0. The van der Waals surface area contributed by atoms with Crippen LogP contribution in [0.4, 0.5) is 17.6 Å². The lowest BCUT2D eigenvalue weighted by Gasteiger charge is -2.20. The van der Waals surface area contributed by atoms with Gasteiger partial charge in [-0.2, -0.15) is 13.2 Å². The van der Waals surface area contributed by atoms with Crippen LogP contribution in [0.1, 0.15) is 30.9 Å². The van der Waals surface area contributed by atoms with Crippen LogP contribution in [0.25, 0.3) is 11.1 Å². The van der Waals surface area contributed by atoms with E-state index in [9.17, 15) is 17.6 Å². The average molecular weight is 282 g/mol. The summed E-state index contributed by atoms with van der Waals surface area (Å²) in [6.07, 6.45) is -4.44. The molecule has 0 aromatic heterocycles. The molecule has 0 aliphatic heterocycles. The largest absolute Gasteiger partial charge is 0.416 e. The van der Waals surface area contributed by atoms with Crippen LogP contribution in [0.2, 0.25) is 0 Å². The van der Waals surface area contributed by atoms with Gasteiger partial charge in [0.25, 0.3) is 0 Å². The minimum atomic E-state index is -4.44. The molecule has 0 spiro atoms. The highest BCUT2D eigenvalue weighted by Crippen LogP contribution is 2.40. The van der Waals surface area contributed by atoms with Gasteiger partial charge in [-0.3, -0.25) is 0 Å². The summed E-state index contributed by atoms with van der Waals surface area (Å²) in [5.74, 6) is -0.879. The highest BCUT2D eigenvalue weighted by Gasteiger charge is 2.35. The first-order valence-electron chi connectivity index (χ1n) is 6.27. The van der Waals surface area contributed by atoms with E-state index < -0.39 is 17.6 Å². The minimum absolute atomic E-state index is 0.130. The van der Waals surface area contributed by atoms with E-state index in [0.717, 1.165) is 6.07 Å². The molecular formula is C16H14F4. The smallest absolute Gasteiger partial charge is 0.206 e. The minimum Gasteiger partial charge on any atom is -0.206 e. The maximum absolute atomic E-state index is 13.9. The molecule has 2 aromatic carbocycles. The van der Waals surface area contributed by atoms with E-state index >= 15 is 0 Å². The van der Waals surface area contributed by atoms with Gasteiger partial charge in [-0.05, 0) is 29.2 Å². The molecule has 0 bridgehead atoms. The molecular weight excluding hydrogens is 268 g/mol. The van der Waals surface area contributed by atoms with Gasteiger partial charge < -0.3 is 0 Å². The zero-order chi connectivity index (χ0) is 14.9. The molecule has 0 radical (unpaired) electrons. The summed E-state index contributed by atoms with van der Waals surface area (Å²) in [7, 11) is 0. The maximum Gasteiger partial charge on any atom is 0.416 e. The van der Waals surface area contributed by atoms with Gasteiger partial charge in [-0.15, -0.1) is 0 Å². The van der Waals surface area contributed by atoms with E-state index in [1.54, 1.807) is 19.9 Å². The highest BCUT2D eigenvalue weighted by molar-refractivity contribution is 5.70. The fraction of sp³-hybridized carbons (Fsp3) is 0.250. The molecule has 4 heteroatoms. The van der Waals surface area contributed by atoms with Crippen molar-refractivity contribution in [3.05, 3.63) is 59.4 Å². The maximum atomic E-state index is 13.9. The summed E-state index contributed by atoms with van der Waals surface area (Å²) < 4.78 is 53.2. The topological polar surface area (TPSA) is 0 Å². The predicted octanol–water partition coefficient (Wildman–Crippen LogP) is 5.63. The highest BCUT2D eigenvalue weighted by atomic mass is 19.4. The third-order valence-electron chi connectivity index (χ3n) is 3.15. The van der Waals surface area contributed by atoms with Crippen molar-refractivity contribution in [2.45, 2.75) is 25.9 Å². The van der Waals surface area contributed by atoms with E-state index in [1.807, 2.05) is 0 Å². The number of alkyl halides is 3. The quantitative estimate of drug-likeness (QED) is 0.626. The second-order valence-electron chi connectivity index (χ2n) is 4.90. The molecule has 2 aromatic rings. The normalized spacial score (nSPS) is 11.9. The Morgan fingerprint density at radius 1 is 0.850 bits per heavy atom. The molecule has 0 saturated carbocycles. The van der Waals surface area contributed by atoms with Gasteiger partial charge in [0.05, 0.1) is 5.56 Å². The van der Waals surface area contributed by atoms with Crippen molar-refractivity contribution in [3.8, 4) is 11.1 Å². The molecule has 20 heavy (non-hydrogen) atoms. The summed E-state index contributed by atoms with van der Waals surface area (Å²) in [5, 5.41) is 0. The number of benzene rings is 2. The van der Waals surface area contributed by atoms with Crippen LogP contribution in [-0.2, 0) is 6.18 Å². The fourth-order valence-corrected chi connectivity index (χ4v) is 2.35. The summed E-state index contributed by atoms with van der Waals surface area (Å²) in [5.41, 5.74) is -0.0754. The SMILES string of the molecule is CC(C)c1c(-c2ccccc2F)cccc1C(F)(F)F. The van der Waals surface area contributed by atoms with Gasteiger partial charge in [-0.1, -0.05) is 44.2 Å². The lowest BCUT2D eigenvalue weighted by molar-refractivity contribution is -0.138. The number of hydrogen-bond donors (Lipinski definition) is 0. The van der Waals surface area contributed by atoms with Gasteiger partial charge in [0.15, 0.2) is 0 Å². The Morgan fingerprint density at radius 3 is 2.00 bits per heavy atom. The average Bonchev–Trinajstić information content (AvgIpc) is 2.37. The molecule has 2 rings (SSSR count). The molecule has 106 valence electrons. The second kappa shape index (κ2) is 5.27. The Bertz CT molecular complexity index is 612.